The van der Waals surface area contributed by atoms with Crippen LogP contribution in [-0.2, 0) is 30.5 Å². The fourth-order valence-electron chi connectivity index (χ4n) is 7.56. The standard InChI is InChI=1S/C40H55N9O5/c41-21-8-6-17-33(37(43)52)45-35(50)25-44-38(53)34(18-7-9-22-42)46-36(51)27-48-28-49(31-14-2-1-3-15-31)40(39(48)54)19-23-47(24-20-40)26-30-13-10-12-29-11-4-5-16-32(29)30/h1-5,10-16,33-34H,6-9,17-28,41-42H2,(H2,43,52)(H,44,53)(H,45,50)(H,46,51)/t33?,34-/m0/s1. The second kappa shape index (κ2) is 19.3. The number of primary amides is 1. The van der Waals surface area contributed by atoms with Crippen LogP contribution in [0.3, 0.4) is 0 Å². The van der Waals surface area contributed by atoms with Crippen LogP contribution in [0, 0.1) is 0 Å². The highest BCUT2D eigenvalue weighted by Gasteiger charge is 2.54. The van der Waals surface area contributed by atoms with E-state index in [-0.39, 0.29) is 19.1 Å². The Hall–Kier alpha value is -5.05. The summed E-state index contributed by atoms with van der Waals surface area (Å²) in [6.07, 6.45) is 4.32. The predicted octanol–water partition coefficient (Wildman–Crippen LogP) is 1.31. The van der Waals surface area contributed by atoms with Gasteiger partial charge in [0.05, 0.1) is 13.2 Å². The number of rotatable bonds is 19. The molecule has 14 nitrogen and oxygen atoms in total. The number of nitrogens with two attached hydrogens (primary N) is 3. The first-order chi connectivity index (χ1) is 26.1. The van der Waals surface area contributed by atoms with E-state index >= 15 is 0 Å². The van der Waals surface area contributed by atoms with Crippen LogP contribution in [0.25, 0.3) is 10.8 Å². The molecule has 2 fully saturated rings. The minimum atomic E-state index is -0.956. The third-order valence-electron chi connectivity index (χ3n) is 10.5. The largest absolute Gasteiger partial charge is 0.368 e. The zero-order valence-corrected chi connectivity index (χ0v) is 31.0. The fraction of sp³-hybridized carbons (Fsp3) is 0.475. The van der Waals surface area contributed by atoms with Crippen molar-refractivity contribution in [3.8, 4) is 0 Å². The Bertz CT molecular complexity index is 1740. The summed E-state index contributed by atoms with van der Waals surface area (Å²) in [6.45, 7) is 2.67. The van der Waals surface area contributed by atoms with Crippen molar-refractivity contribution < 1.29 is 24.0 Å². The summed E-state index contributed by atoms with van der Waals surface area (Å²) in [6, 6.07) is 22.7. The molecule has 0 aliphatic carbocycles. The van der Waals surface area contributed by atoms with E-state index in [1.54, 1.807) is 4.90 Å². The van der Waals surface area contributed by atoms with Crippen molar-refractivity contribution in [1.29, 1.82) is 0 Å². The lowest BCUT2D eigenvalue weighted by Gasteiger charge is -2.43. The molecule has 0 saturated carbocycles. The molecule has 0 bridgehead atoms. The number of para-hydroxylation sites is 1. The Kier molecular flexibility index (Phi) is 14.4. The first kappa shape index (κ1) is 40.1. The van der Waals surface area contributed by atoms with Crippen molar-refractivity contribution in [2.45, 2.75) is 75.5 Å². The van der Waals surface area contributed by atoms with Gasteiger partial charge in [0.1, 0.15) is 24.2 Å². The molecule has 2 heterocycles. The average Bonchev–Trinajstić information content (AvgIpc) is 3.43. The van der Waals surface area contributed by atoms with Crippen molar-refractivity contribution in [2.24, 2.45) is 17.2 Å². The van der Waals surface area contributed by atoms with Gasteiger partial charge in [0.2, 0.25) is 29.5 Å². The van der Waals surface area contributed by atoms with Gasteiger partial charge in [-0.25, -0.2) is 0 Å². The predicted molar refractivity (Wildman–Crippen MR) is 209 cm³/mol. The Balaban J connectivity index is 1.22. The number of piperidine rings is 1. The minimum absolute atomic E-state index is 0.109. The zero-order valence-electron chi connectivity index (χ0n) is 31.0. The maximum atomic E-state index is 14.4. The van der Waals surface area contributed by atoms with Crippen molar-refractivity contribution in [3.63, 3.8) is 0 Å². The Morgan fingerprint density at radius 3 is 2.07 bits per heavy atom. The molecule has 9 N–H and O–H groups in total. The van der Waals surface area contributed by atoms with Crippen molar-refractivity contribution in [3.05, 3.63) is 78.4 Å². The maximum Gasteiger partial charge on any atom is 0.250 e. The molecular weight excluding hydrogens is 686 g/mol. The number of anilines is 1. The smallest absolute Gasteiger partial charge is 0.250 e. The summed E-state index contributed by atoms with van der Waals surface area (Å²) in [7, 11) is 0. The monoisotopic (exact) mass is 741 g/mol. The Morgan fingerprint density at radius 1 is 0.759 bits per heavy atom. The summed E-state index contributed by atoms with van der Waals surface area (Å²) in [5, 5.41) is 10.4. The number of likely N-dealkylation sites (tertiary alicyclic amines) is 1. The molecule has 5 rings (SSSR count). The molecule has 2 aliphatic rings. The van der Waals surface area contributed by atoms with Crippen LogP contribution in [0.1, 0.15) is 56.9 Å². The lowest BCUT2D eigenvalue weighted by Crippen LogP contribution is -2.56. The maximum absolute atomic E-state index is 14.4. The van der Waals surface area contributed by atoms with E-state index in [1.807, 2.05) is 36.4 Å². The minimum Gasteiger partial charge on any atom is -0.368 e. The van der Waals surface area contributed by atoms with Gasteiger partial charge >= 0.3 is 0 Å². The highest BCUT2D eigenvalue weighted by Crippen LogP contribution is 2.40. The normalized spacial score (nSPS) is 16.7. The van der Waals surface area contributed by atoms with Crippen molar-refractivity contribution in [1.82, 2.24) is 25.8 Å². The number of nitrogens with zero attached hydrogens (tertiary/aromatic N) is 3. The van der Waals surface area contributed by atoms with Crippen LogP contribution in [0.2, 0.25) is 0 Å². The molecule has 1 spiro atoms. The summed E-state index contributed by atoms with van der Waals surface area (Å²) < 4.78 is 0. The number of carbonyl (C=O) groups is 5. The van der Waals surface area contributed by atoms with Gasteiger partial charge in [-0.15, -0.1) is 0 Å². The molecule has 2 aliphatic heterocycles. The van der Waals surface area contributed by atoms with Gasteiger partial charge in [-0.3, -0.25) is 28.9 Å². The molecule has 3 aromatic rings. The number of nitrogens with one attached hydrogen (secondary N) is 3. The average molecular weight is 742 g/mol. The first-order valence-electron chi connectivity index (χ1n) is 19.0. The van der Waals surface area contributed by atoms with Crippen LogP contribution >= 0.6 is 0 Å². The lowest BCUT2D eigenvalue weighted by molar-refractivity contribution is -0.138. The van der Waals surface area contributed by atoms with E-state index in [2.05, 4.69) is 62.1 Å². The first-order valence-corrected chi connectivity index (χ1v) is 19.0. The molecule has 3 aromatic carbocycles. The third kappa shape index (κ3) is 10.1. The second-order valence-electron chi connectivity index (χ2n) is 14.3. The van der Waals surface area contributed by atoms with E-state index in [1.165, 1.54) is 16.3 Å². The van der Waals surface area contributed by atoms with Gasteiger partial charge in [-0.1, -0.05) is 60.7 Å². The summed E-state index contributed by atoms with van der Waals surface area (Å²) in [5.41, 5.74) is 18.0. The Labute approximate surface area is 317 Å². The highest BCUT2D eigenvalue weighted by atomic mass is 16.2. The summed E-state index contributed by atoms with van der Waals surface area (Å²) in [4.78, 5) is 71.8. The van der Waals surface area contributed by atoms with Gasteiger partial charge in [0.15, 0.2) is 0 Å². The molecule has 290 valence electrons. The number of benzene rings is 3. The van der Waals surface area contributed by atoms with Crippen LogP contribution in [0.4, 0.5) is 5.69 Å². The molecule has 54 heavy (non-hydrogen) atoms. The summed E-state index contributed by atoms with van der Waals surface area (Å²) >= 11 is 0. The highest BCUT2D eigenvalue weighted by molar-refractivity contribution is 5.97. The SMILES string of the molecule is NCCCCC(NC(=O)CNC(=O)[C@H](CCCCN)NC(=O)CN1CN(c2ccccc2)C2(CCN(Cc3cccc4ccccc34)CC2)C1=O)C(N)=O. The van der Waals surface area contributed by atoms with Crippen LogP contribution in [0.15, 0.2) is 72.8 Å². The van der Waals surface area contributed by atoms with Gasteiger partial charge < -0.3 is 43.0 Å². The quantitative estimate of drug-likeness (QED) is 0.0978. The van der Waals surface area contributed by atoms with Crippen molar-refractivity contribution >= 4 is 46.0 Å². The van der Waals surface area contributed by atoms with Gasteiger partial charge in [0, 0.05) is 25.3 Å². The van der Waals surface area contributed by atoms with E-state index < -0.39 is 47.8 Å². The number of hydrogen-bond donors (Lipinski definition) is 6. The van der Waals surface area contributed by atoms with Crippen LogP contribution in [0.5, 0.6) is 0 Å². The number of carbonyl (C=O) groups excluding carboxylic acids is 5. The molecule has 2 saturated heterocycles. The summed E-state index contributed by atoms with van der Waals surface area (Å²) in [5.74, 6) is -2.39. The molecule has 5 amide bonds. The topological polar surface area (TPSA) is 209 Å². The van der Waals surface area contributed by atoms with E-state index in [0.29, 0.717) is 77.5 Å². The van der Waals surface area contributed by atoms with Crippen molar-refractivity contribution in [2.75, 3.05) is 50.8 Å². The molecule has 1 unspecified atom stereocenters. The van der Waals surface area contributed by atoms with E-state index in [0.717, 1.165) is 12.2 Å². The van der Waals surface area contributed by atoms with Gasteiger partial charge in [0.25, 0.3) is 0 Å². The zero-order chi connectivity index (χ0) is 38.5. The van der Waals surface area contributed by atoms with E-state index in [4.69, 9.17) is 17.2 Å². The molecule has 2 atom stereocenters. The lowest BCUT2D eigenvalue weighted by atomic mass is 9.85. The molecule has 0 radical (unpaired) electrons. The second-order valence-corrected chi connectivity index (χ2v) is 14.3. The third-order valence-corrected chi connectivity index (χ3v) is 10.5. The molecule has 14 heteroatoms. The van der Waals surface area contributed by atoms with Crippen LogP contribution < -0.4 is 38.1 Å². The fourth-order valence-corrected chi connectivity index (χ4v) is 7.56. The number of amides is 5. The van der Waals surface area contributed by atoms with Crippen LogP contribution in [-0.4, -0.2) is 103 Å². The molecular formula is C40H55N9O5. The van der Waals surface area contributed by atoms with Gasteiger partial charge in [-0.05, 0) is 92.9 Å². The number of fused-ring (bicyclic) bond motifs is 1. The Morgan fingerprint density at radius 2 is 1.39 bits per heavy atom. The molecule has 0 aromatic heterocycles. The van der Waals surface area contributed by atoms with Gasteiger partial charge in [-0.2, -0.15) is 0 Å². The number of unbranched alkanes of at least 4 members (excludes halogenated alkanes) is 2. The number of hydrogen-bond acceptors (Lipinski definition) is 9. The van der Waals surface area contributed by atoms with E-state index in [9.17, 15) is 24.0 Å².